The van der Waals surface area contributed by atoms with E-state index in [0.717, 1.165) is 40.3 Å². The molecule has 5 nitrogen and oxygen atoms in total. The molecule has 0 N–H and O–H groups in total. The molecule has 3 heterocycles. The van der Waals surface area contributed by atoms with E-state index in [9.17, 15) is 0 Å². The van der Waals surface area contributed by atoms with Gasteiger partial charge in [0.15, 0.2) is 0 Å². The maximum absolute atomic E-state index is 6.31. The zero-order chi connectivity index (χ0) is 19.1. The molecule has 2 aliphatic rings. The van der Waals surface area contributed by atoms with Crippen LogP contribution in [0.25, 0.3) is 0 Å². The van der Waals surface area contributed by atoms with Crippen LogP contribution in [0.3, 0.4) is 0 Å². The van der Waals surface area contributed by atoms with Gasteiger partial charge in [-0.05, 0) is 54.1 Å². The Morgan fingerprint density at radius 3 is 2.75 bits per heavy atom. The number of benzene rings is 2. The van der Waals surface area contributed by atoms with Crippen LogP contribution in [0.5, 0.6) is 11.5 Å². The zero-order valence-electron chi connectivity index (χ0n) is 15.2. The first-order valence-corrected chi connectivity index (χ1v) is 9.47. The molecule has 0 saturated carbocycles. The molecule has 140 valence electrons. The van der Waals surface area contributed by atoms with Crippen LogP contribution in [0.15, 0.2) is 72.1 Å². The van der Waals surface area contributed by atoms with Gasteiger partial charge in [0.05, 0.1) is 18.9 Å². The third-order valence-corrected chi connectivity index (χ3v) is 5.38. The fourth-order valence-corrected chi connectivity index (χ4v) is 3.94. The van der Waals surface area contributed by atoms with Crippen LogP contribution >= 0.6 is 11.6 Å². The second-order valence-electron chi connectivity index (χ2n) is 6.81. The summed E-state index contributed by atoms with van der Waals surface area (Å²) in [5, 5.41) is 7.65. The number of aromatic nitrogens is 1. The highest BCUT2D eigenvalue weighted by Crippen LogP contribution is 2.48. The molecule has 0 amide bonds. The molecule has 0 saturated heterocycles. The van der Waals surface area contributed by atoms with Crippen LogP contribution in [0.2, 0.25) is 5.02 Å². The number of rotatable bonds is 3. The lowest BCUT2D eigenvalue weighted by atomic mass is 9.96. The van der Waals surface area contributed by atoms with Gasteiger partial charge in [-0.25, -0.2) is 5.01 Å². The summed E-state index contributed by atoms with van der Waals surface area (Å²) in [6, 6.07) is 17.7. The molecule has 0 spiro atoms. The third-order valence-electron chi connectivity index (χ3n) is 5.14. The fraction of sp³-hybridized carbons (Fsp3) is 0.182. The van der Waals surface area contributed by atoms with Crippen LogP contribution in [0.4, 0.5) is 0 Å². The average Bonchev–Trinajstić information content (AvgIpc) is 3.20. The first-order valence-electron chi connectivity index (χ1n) is 9.09. The average molecular weight is 392 g/mol. The first-order chi connectivity index (χ1) is 13.7. The van der Waals surface area contributed by atoms with Crippen molar-refractivity contribution in [3.63, 3.8) is 0 Å². The van der Waals surface area contributed by atoms with Crippen molar-refractivity contribution < 1.29 is 9.47 Å². The summed E-state index contributed by atoms with van der Waals surface area (Å²) in [7, 11) is 1.67. The summed E-state index contributed by atoms with van der Waals surface area (Å²) < 4.78 is 11.6. The lowest BCUT2D eigenvalue weighted by Gasteiger charge is -2.38. The van der Waals surface area contributed by atoms with Crippen molar-refractivity contribution in [3.8, 4) is 11.5 Å². The molecule has 2 aliphatic heterocycles. The van der Waals surface area contributed by atoms with Gasteiger partial charge >= 0.3 is 0 Å². The van der Waals surface area contributed by atoms with Gasteiger partial charge in [-0.1, -0.05) is 17.7 Å². The number of halogens is 1. The number of hydrogen-bond donors (Lipinski definition) is 0. The van der Waals surface area contributed by atoms with Crippen LogP contribution in [-0.2, 0) is 0 Å². The zero-order valence-corrected chi connectivity index (χ0v) is 16.0. The monoisotopic (exact) mass is 391 g/mol. The van der Waals surface area contributed by atoms with Crippen LogP contribution in [-0.4, -0.2) is 22.8 Å². The molecule has 2 atom stereocenters. The van der Waals surface area contributed by atoms with E-state index in [1.54, 1.807) is 13.3 Å². The van der Waals surface area contributed by atoms with Gasteiger partial charge in [-0.2, -0.15) is 5.10 Å². The summed E-state index contributed by atoms with van der Waals surface area (Å²) in [4.78, 5) is 4.25. The molecule has 1 aromatic heterocycles. The van der Waals surface area contributed by atoms with Crippen molar-refractivity contribution in [2.75, 3.05) is 7.11 Å². The fourth-order valence-electron chi connectivity index (χ4n) is 3.76. The molecule has 5 rings (SSSR count). The predicted octanol–water partition coefficient (Wildman–Crippen LogP) is 4.99. The highest BCUT2D eigenvalue weighted by molar-refractivity contribution is 6.30. The Labute approximate surface area is 168 Å². The molecule has 0 bridgehead atoms. The second-order valence-corrected chi connectivity index (χ2v) is 7.25. The highest BCUT2D eigenvalue weighted by Gasteiger charge is 2.41. The van der Waals surface area contributed by atoms with Crippen LogP contribution in [0, 0.1) is 0 Å². The summed E-state index contributed by atoms with van der Waals surface area (Å²) in [6.45, 7) is 0. The minimum absolute atomic E-state index is 0.0600. The topological polar surface area (TPSA) is 47.0 Å². The van der Waals surface area contributed by atoms with Crippen molar-refractivity contribution in [2.24, 2.45) is 5.10 Å². The van der Waals surface area contributed by atoms with Crippen molar-refractivity contribution in [2.45, 2.75) is 18.7 Å². The maximum atomic E-state index is 6.31. The van der Waals surface area contributed by atoms with E-state index in [0.29, 0.717) is 5.02 Å². The van der Waals surface area contributed by atoms with Crippen LogP contribution < -0.4 is 9.47 Å². The number of pyridine rings is 1. The first kappa shape index (κ1) is 17.1. The summed E-state index contributed by atoms with van der Waals surface area (Å²) in [5.41, 5.74) is 4.11. The van der Waals surface area contributed by atoms with Gasteiger partial charge in [0.1, 0.15) is 11.5 Å². The maximum Gasteiger partial charge on any atom is 0.215 e. The van der Waals surface area contributed by atoms with Crippen molar-refractivity contribution in [1.29, 1.82) is 0 Å². The Bertz CT molecular complexity index is 1040. The smallest absolute Gasteiger partial charge is 0.215 e. The van der Waals surface area contributed by atoms with E-state index in [2.05, 4.69) is 4.98 Å². The van der Waals surface area contributed by atoms with Crippen molar-refractivity contribution in [3.05, 3.63) is 88.7 Å². The lowest BCUT2D eigenvalue weighted by molar-refractivity contribution is -0.0192. The second kappa shape index (κ2) is 6.84. The summed E-state index contributed by atoms with van der Waals surface area (Å²) in [5.74, 6) is 1.67. The summed E-state index contributed by atoms with van der Waals surface area (Å²) in [6.07, 6.45) is 4.03. The van der Waals surface area contributed by atoms with Crippen molar-refractivity contribution >= 4 is 17.3 Å². The standard InChI is InChI=1S/C22H18ClN3O2/c1-27-17-7-4-14(5-8-17)19-12-20-18-11-16(23)6-9-21(18)28-22(26(20)25-19)15-3-2-10-24-13-15/h2-11,13,20,22H,12H2,1H3/t20-,22+/m1/s1. The Kier molecular flexibility index (Phi) is 4.17. The van der Waals surface area contributed by atoms with Gasteiger partial charge in [0, 0.05) is 35.0 Å². The Morgan fingerprint density at radius 1 is 1.14 bits per heavy atom. The number of fused-ring (bicyclic) bond motifs is 3. The molecule has 2 aromatic carbocycles. The van der Waals surface area contributed by atoms with Gasteiger partial charge in [0.2, 0.25) is 6.23 Å². The van der Waals surface area contributed by atoms with Gasteiger partial charge in [-0.3, -0.25) is 4.98 Å². The van der Waals surface area contributed by atoms with E-state index in [1.807, 2.05) is 65.8 Å². The lowest BCUT2D eigenvalue weighted by Crippen LogP contribution is -2.33. The number of nitrogens with zero attached hydrogens (tertiary/aromatic N) is 3. The third kappa shape index (κ3) is 2.88. The minimum Gasteiger partial charge on any atom is -0.497 e. The molecular weight excluding hydrogens is 374 g/mol. The van der Waals surface area contributed by atoms with Gasteiger partial charge in [-0.15, -0.1) is 0 Å². The summed E-state index contributed by atoms with van der Waals surface area (Å²) >= 11 is 6.27. The van der Waals surface area contributed by atoms with Crippen LogP contribution in [0.1, 0.15) is 35.4 Å². The minimum atomic E-state index is -0.330. The van der Waals surface area contributed by atoms with Crippen molar-refractivity contribution in [1.82, 2.24) is 9.99 Å². The quantitative estimate of drug-likeness (QED) is 0.631. The van der Waals surface area contributed by atoms with E-state index in [-0.39, 0.29) is 12.3 Å². The molecule has 0 fully saturated rings. The molecule has 0 aliphatic carbocycles. The molecule has 0 radical (unpaired) electrons. The number of methoxy groups -OCH3 is 1. The van der Waals surface area contributed by atoms with E-state index >= 15 is 0 Å². The van der Waals surface area contributed by atoms with E-state index < -0.39 is 0 Å². The number of hydrogen-bond acceptors (Lipinski definition) is 5. The largest absolute Gasteiger partial charge is 0.497 e. The molecule has 6 heteroatoms. The molecule has 28 heavy (non-hydrogen) atoms. The van der Waals surface area contributed by atoms with E-state index in [4.69, 9.17) is 26.2 Å². The van der Waals surface area contributed by atoms with Gasteiger partial charge < -0.3 is 9.47 Å². The normalized spacial score (nSPS) is 20.1. The van der Waals surface area contributed by atoms with E-state index in [1.165, 1.54) is 0 Å². The molecular formula is C22H18ClN3O2. The Hall–Kier alpha value is -3.05. The Balaban J connectivity index is 1.57. The molecule has 0 unspecified atom stereocenters. The molecule has 3 aromatic rings. The number of ether oxygens (including phenoxy) is 2. The predicted molar refractivity (Wildman–Crippen MR) is 108 cm³/mol. The Morgan fingerprint density at radius 2 is 2.00 bits per heavy atom. The van der Waals surface area contributed by atoms with Gasteiger partial charge in [0.25, 0.3) is 0 Å². The SMILES string of the molecule is COc1ccc(C2=NN3[C@H](C2)c2cc(Cl)ccc2O[C@H]3c2cccnc2)cc1. The highest BCUT2D eigenvalue weighted by atomic mass is 35.5. The number of hydrazone groups is 1.